The Bertz CT molecular complexity index is 206. The summed E-state index contributed by atoms with van der Waals surface area (Å²) >= 11 is 0. The second-order valence-electron chi connectivity index (χ2n) is 1.78. The van der Waals surface area contributed by atoms with Crippen LogP contribution in [0.1, 0.15) is 6.92 Å². The number of carbonyl (C=O) groups excluding carboxylic acids is 2. The second-order valence-corrected chi connectivity index (χ2v) is 1.78. The van der Waals surface area contributed by atoms with Gasteiger partial charge in [-0.05, 0) is 0 Å². The average molecular weight is 156 g/mol. The van der Waals surface area contributed by atoms with Crippen LogP contribution in [0.4, 0.5) is 0 Å². The molecule has 5 heteroatoms. The molecule has 0 aromatic rings. The molecular formula is C6H8N2O3. The average Bonchev–Trinajstić information content (AvgIpc) is 1.98. The van der Waals surface area contributed by atoms with Crippen LogP contribution < -0.4 is 10.8 Å². The summed E-state index contributed by atoms with van der Waals surface area (Å²) in [6.07, 6.45) is 4.86. The van der Waals surface area contributed by atoms with Crippen molar-refractivity contribution in [1.29, 1.82) is 0 Å². The molecule has 0 saturated carbocycles. The molecule has 0 aliphatic heterocycles. The Hall–Kier alpha value is -1.54. The number of nitrogens with one attached hydrogen (secondary N) is 2. The summed E-state index contributed by atoms with van der Waals surface area (Å²) in [5, 5.41) is 10.2. The maximum atomic E-state index is 10.6. The molecule has 3 N–H and O–H groups in total. The van der Waals surface area contributed by atoms with Crippen molar-refractivity contribution in [3.63, 3.8) is 0 Å². The third-order valence-electron chi connectivity index (χ3n) is 0.887. The first kappa shape index (κ1) is 9.46. The minimum absolute atomic E-state index is 0.434. The molecule has 11 heavy (non-hydrogen) atoms. The van der Waals surface area contributed by atoms with Crippen LogP contribution in [0.2, 0.25) is 0 Å². The van der Waals surface area contributed by atoms with Crippen molar-refractivity contribution in [3.05, 3.63) is 0 Å². The fourth-order valence-electron chi connectivity index (χ4n) is 0.451. The standard InChI is InChI=1S/C6H8N2O3/c1-3-5(6(10)8-11)7-4(2)9/h1,5,11H,2H3,(H,7,9)(H,8,10)/t5-/m1/s1. The fraction of sp³-hybridized carbons (Fsp3) is 0.333. The Morgan fingerprint density at radius 1 is 1.64 bits per heavy atom. The number of rotatable bonds is 2. The Kier molecular flexibility index (Phi) is 3.70. The van der Waals surface area contributed by atoms with Gasteiger partial charge in [0.15, 0.2) is 6.04 Å². The maximum absolute atomic E-state index is 10.6. The molecule has 0 fully saturated rings. The van der Waals surface area contributed by atoms with Gasteiger partial charge in [-0.15, -0.1) is 6.42 Å². The van der Waals surface area contributed by atoms with E-state index < -0.39 is 17.9 Å². The molecule has 0 aromatic carbocycles. The molecule has 5 nitrogen and oxygen atoms in total. The van der Waals surface area contributed by atoms with Crippen molar-refractivity contribution >= 4 is 11.8 Å². The highest BCUT2D eigenvalue weighted by atomic mass is 16.5. The summed E-state index contributed by atoms with van der Waals surface area (Å²) in [4.78, 5) is 20.9. The summed E-state index contributed by atoms with van der Waals surface area (Å²) in [6.45, 7) is 1.22. The molecule has 0 aliphatic carbocycles. The summed E-state index contributed by atoms with van der Waals surface area (Å²) < 4.78 is 0. The summed E-state index contributed by atoms with van der Waals surface area (Å²) in [6, 6.07) is -1.11. The summed E-state index contributed by atoms with van der Waals surface area (Å²) in [7, 11) is 0. The highest BCUT2D eigenvalue weighted by Crippen LogP contribution is 1.79. The van der Waals surface area contributed by atoms with Gasteiger partial charge in [0.1, 0.15) is 0 Å². The van der Waals surface area contributed by atoms with Gasteiger partial charge in [-0.3, -0.25) is 14.8 Å². The zero-order valence-corrected chi connectivity index (χ0v) is 5.92. The quantitative estimate of drug-likeness (QED) is 0.262. The molecule has 0 spiro atoms. The van der Waals surface area contributed by atoms with E-state index in [2.05, 4.69) is 5.32 Å². The monoisotopic (exact) mass is 156 g/mol. The smallest absolute Gasteiger partial charge is 0.278 e. The molecule has 0 radical (unpaired) electrons. The van der Waals surface area contributed by atoms with Gasteiger partial charge >= 0.3 is 0 Å². The van der Waals surface area contributed by atoms with Crippen molar-refractivity contribution in [1.82, 2.24) is 10.8 Å². The third kappa shape index (κ3) is 3.23. The number of amides is 2. The highest BCUT2D eigenvalue weighted by molar-refractivity contribution is 5.88. The number of hydroxylamine groups is 1. The fourth-order valence-corrected chi connectivity index (χ4v) is 0.451. The van der Waals surface area contributed by atoms with Crippen LogP contribution in [-0.4, -0.2) is 23.1 Å². The SMILES string of the molecule is C#C[C@@H](NC(C)=O)C(=O)NO. The zero-order chi connectivity index (χ0) is 8.85. The predicted octanol–water partition coefficient (Wildman–Crippen LogP) is -1.37. The lowest BCUT2D eigenvalue weighted by Gasteiger charge is -2.07. The normalized spacial score (nSPS) is 11.0. The third-order valence-corrected chi connectivity index (χ3v) is 0.887. The van der Waals surface area contributed by atoms with Crippen LogP contribution in [0.3, 0.4) is 0 Å². The lowest BCUT2D eigenvalue weighted by Crippen LogP contribution is -2.44. The molecule has 2 amide bonds. The number of carbonyl (C=O) groups is 2. The maximum Gasteiger partial charge on any atom is 0.278 e. The van der Waals surface area contributed by atoms with Gasteiger partial charge in [0.05, 0.1) is 0 Å². The van der Waals surface area contributed by atoms with Crippen LogP contribution in [0.25, 0.3) is 0 Å². The van der Waals surface area contributed by atoms with Gasteiger partial charge in [0.2, 0.25) is 5.91 Å². The topological polar surface area (TPSA) is 78.4 Å². The van der Waals surface area contributed by atoms with Crippen LogP contribution in [0, 0.1) is 12.3 Å². The van der Waals surface area contributed by atoms with Crippen molar-refractivity contribution in [3.8, 4) is 12.3 Å². The molecule has 0 unspecified atom stereocenters. The largest absolute Gasteiger partial charge is 0.335 e. The van der Waals surface area contributed by atoms with Crippen molar-refractivity contribution in [2.45, 2.75) is 13.0 Å². The van der Waals surface area contributed by atoms with Gasteiger partial charge in [-0.1, -0.05) is 5.92 Å². The van der Waals surface area contributed by atoms with E-state index in [4.69, 9.17) is 11.6 Å². The first-order valence-corrected chi connectivity index (χ1v) is 2.79. The Balaban J connectivity index is 4.09. The molecule has 0 rings (SSSR count). The molecule has 1 atom stereocenters. The predicted molar refractivity (Wildman–Crippen MR) is 36.4 cm³/mol. The van der Waals surface area contributed by atoms with E-state index in [-0.39, 0.29) is 0 Å². The molecule has 0 heterocycles. The lowest BCUT2D eigenvalue weighted by molar-refractivity contribution is -0.132. The van der Waals surface area contributed by atoms with E-state index in [1.807, 2.05) is 5.92 Å². The first-order valence-electron chi connectivity index (χ1n) is 2.79. The highest BCUT2D eigenvalue weighted by Gasteiger charge is 2.14. The van der Waals surface area contributed by atoms with E-state index in [0.29, 0.717) is 0 Å². The first-order chi connectivity index (χ1) is 5.11. The molecule has 0 bridgehead atoms. The van der Waals surface area contributed by atoms with E-state index in [0.717, 1.165) is 0 Å². The van der Waals surface area contributed by atoms with Gasteiger partial charge in [-0.2, -0.15) is 0 Å². The Morgan fingerprint density at radius 3 is 2.45 bits per heavy atom. The number of terminal acetylenes is 1. The van der Waals surface area contributed by atoms with E-state index in [1.165, 1.54) is 12.4 Å². The van der Waals surface area contributed by atoms with Crippen LogP contribution in [-0.2, 0) is 9.59 Å². The van der Waals surface area contributed by atoms with Gasteiger partial charge < -0.3 is 5.32 Å². The summed E-state index contributed by atoms with van der Waals surface area (Å²) in [5.74, 6) is 0.716. The van der Waals surface area contributed by atoms with Crippen molar-refractivity contribution < 1.29 is 14.8 Å². The van der Waals surface area contributed by atoms with Gasteiger partial charge in [-0.25, -0.2) is 5.48 Å². The van der Waals surface area contributed by atoms with Gasteiger partial charge in [0, 0.05) is 6.92 Å². The van der Waals surface area contributed by atoms with Crippen molar-refractivity contribution in [2.75, 3.05) is 0 Å². The molecule has 0 aliphatic rings. The van der Waals surface area contributed by atoms with Crippen LogP contribution in [0.15, 0.2) is 0 Å². The zero-order valence-electron chi connectivity index (χ0n) is 5.92. The molecular weight excluding hydrogens is 148 g/mol. The van der Waals surface area contributed by atoms with E-state index in [1.54, 1.807) is 0 Å². The number of hydrogen-bond acceptors (Lipinski definition) is 3. The molecule has 0 aromatic heterocycles. The minimum Gasteiger partial charge on any atom is -0.335 e. The van der Waals surface area contributed by atoms with Gasteiger partial charge in [0.25, 0.3) is 5.91 Å². The Morgan fingerprint density at radius 2 is 2.18 bits per heavy atom. The van der Waals surface area contributed by atoms with Crippen LogP contribution >= 0.6 is 0 Å². The molecule has 60 valence electrons. The lowest BCUT2D eigenvalue weighted by atomic mass is 10.3. The summed E-state index contributed by atoms with van der Waals surface area (Å²) in [5.41, 5.74) is 1.33. The Labute approximate surface area is 63.7 Å². The van der Waals surface area contributed by atoms with E-state index >= 15 is 0 Å². The molecule has 0 saturated heterocycles. The number of hydrogen-bond donors (Lipinski definition) is 3. The minimum atomic E-state index is -1.11. The second kappa shape index (κ2) is 4.30. The van der Waals surface area contributed by atoms with E-state index in [9.17, 15) is 9.59 Å². The van der Waals surface area contributed by atoms with Crippen molar-refractivity contribution in [2.24, 2.45) is 0 Å². The van der Waals surface area contributed by atoms with Crippen LogP contribution in [0.5, 0.6) is 0 Å².